The first-order valence-electron chi connectivity index (χ1n) is 8.90. The molecule has 25 heavy (non-hydrogen) atoms. The number of nitrogens with zero attached hydrogens (tertiary/aromatic N) is 1. The van der Waals surface area contributed by atoms with E-state index in [1.807, 2.05) is 0 Å². The Bertz CT molecular complexity index is 706. The molecule has 138 valence electrons. The second kappa shape index (κ2) is 6.37. The highest BCUT2D eigenvalue weighted by molar-refractivity contribution is 7.88. The molecule has 2 heterocycles. The summed E-state index contributed by atoms with van der Waals surface area (Å²) >= 11 is 0. The number of hydrogen-bond acceptors (Lipinski definition) is 4. The average Bonchev–Trinajstić information content (AvgIpc) is 2.75. The van der Waals surface area contributed by atoms with Crippen molar-refractivity contribution in [3.8, 4) is 0 Å². The summed E-state index contributed by atoms with van der Waals surface area (Å²) in [6.45, 7) is 9.41. The molecule has 2 saturated heterocycles. The molecule has 5 nitrogen and oxygen atoms in total. The molecule has 1 aromatic rings. The molecule has 2 aliphatic rings. The van der Waals surface area contributed by atoms with Crippen LogP contribution in [-0.4, -0.2) is 50.4 Å². The molecule has 0 N–H and O–H groups in total. The Balaban J connectivity index is 1.66. The lowest BCUT2D eigenvalue weighted by Gasteiger charge is -2.32. The van der Waals surface area contributed by atoms with Crippen LogP contribution in [0.2, 0.25) is 0 Å². The van der Waals surface area contributed by atoms with Crippen LogP contribution in [0, 0.1) is 0 Å². The van der Waals surface area contributed by atoms with Crippen LogP contribution >= 0.6 is 0 Å². The Morgan fingerprint density at radius 1 is 1.00 bits per heavy atom. The maximum absolute atomic E-state index is 11.6. The lowest BCUT2D eigenvalue weighted by Crippen LogP contribution is -2.41. The summed E-state index contributed by atoms with van der Waals surface area (Å²) in [5.41, 5.74) is 1.60. The van der Waals surface area contributed by atoms with E-state index in [-0.39, 0.29) is 18.3 Å². The molecule has 0 saturated carbocycles. The maximum atomic E-state index is 11.6. The third-order valence-corrected chi connectivity index (χ3v) is 7.16. The van der Waals surface area contributed by atoms with Crippen LogP contribution in [0.25, 0.3) is 0 Å². The summed E-state index contributed by atoms with van der Waals surface area (Å²) in [5.74, 6) is 0.408. The van der Waals surface area contributed by atoms with Crippen molar-refractivity contribution in [2.75, 3.05) is 19.3 Å². The standard InChI is InChI=1S/C18H28BNO4S/c1-17(2)18(3,4)24-19(23-17)16-8-6-14(7-9-16)15-10-12-20(13-11-15)25(5,21)22/h6-9,15H,10-13H2,1-5H3. The van der Waals surface area contributed by atoms with E-state index in [0.717, 1.165) is 18.3 Å². The Morgan fingerprint density at radius 3 is 1.92 bits per heavy atom. The van der Waals surface area contributed by atoms with Crippen molar-refractivity contribution >= 4 is 22.6 Å². The van der Waals surface area contributed by atoms with E-state index in [9.17, 15) is 8.42 Å². The zero-order valence-electron chi connectivity index (χ0n) is 15.8. The molecule has 0 amide bonds. The van der Waals surface area contributed by atoms with Gasteiger partial charge in [0.1, 0.15) is 0 Å². The normalized spacial score (nSPS) is 24.6. The molecule has 0 atom stereocenters. The monoisotopic (exact) mass is 365 g/mol. The van der Waals surface area contributed by atoms with Crippen molar-refractivity contribution in [3.63, 3.8) is 0 Å². The van der Waals surface area contributed by atoms with Crippen LogP contribution in [0.3, 0.4) is 0 Å². The molecule has 7 heteroatoms. The summed E-state index contributed by atoms with van der Waals surface area (Å²) in [7, 11) is -3.41. The molecule has 0 radical (unpaired) electrons. The van der Waals surface area contributed by atoms with Crippen LogP contribution in [0.1, 0.15) is 52.0 Å². The van der Waals surface area contributed by atoms with Crippen molar-refractivity contribution in [2.45, 2.75) is 57.7 Å². The number of benzene rings is 1. The zero-order chi connectivity index (χ0) is 18.5. The van der Waals surface area contributed by atoms with Crippen LogP contribution in [-0.2, 0) is 19.3 Å². The number of rotatable bonds is 3. The third-order valence-electron chi connectivity index (χ3n) is 5.86. The first-order valence-corrected chi connectivity index (χ1v) is 10.7. The lowest BCUT2D eigenvalue weighted by molar-refractivity contribution is 0.00578. The predicted molar refractivity (Wildman–Crippen MR) is 101 cm³/mol. The van der Waals surface area contributed by atoms with Gasteiger partial charge in [-0.25, -0.2) is 12.7 Å². The fourth-order valence-corrected chi connectivity index (χ4v) is 4.30. The van der Waals surface area contributed by atoms with Crippen molar-refractivity contribution in [2.24, 2.45) is 0 Å². The van der Waals surface area contributed by atoms with Crippen LogP contribution < -0.4 is 5.46 Å². The Hall–Kier alpha value is -0.885. The predicted octanol–water partition coefficient (Wildman–Crippen LogP) is 2.12. The summed E-state index contributed by atoms with van der Waals surface area (Å²) in [4.78, 5) is 0. The van der Waals surface area contributed by atoms with E-state index in [0.29, 0.717) is 19.0 Å². The van der Waals surface area contributed by atoms with Gasteiger partial charge in [-0.05, 0) is 57.5 Å². The second-order valence-electron chi connectivity index (χ2n) is 8.19. The van der Waals surface area contributed by atoms with E-state index in [1.165, 1.54) is 11.8 Å². The van der Waals surface area contributed by atoms with Gasteiger partial charge in [-0.3, -0.25) is 0 Å². The SMILES string of the molecule is CC1(C)OB(c2ccc(C3CCN(S(C)(=O)=O)CC3)cc2)OC1(C)C. The van der Waals surface area contributed by atoms with Gasteiger partial charge in [-0.1, -0.05) is 24.3 Å². The van der Waals surface area contributed by atoms with Crippen molar-refractivity contribution in [3.05, 3.63) is 29.8 Å². The number of piperidine rings is 1. The van der Waals surface area contributed by atoms with Crippen LogP contribution in [0.4, 0.5) is 0 Å². The largest absolute Gasteiger partial charge is 0.494 e. The molecule has 1 aromatic carbocycles. The Kier molecular flexibility index (Phi) is 4.82. The minimum atomic E-state index is -3.07. The fraction of sp³-hybridized carbons (Fsp3) is 0.667. The zero-order valence-corrected chi connectivity index (χ0v) is 16.6. The minimum absolute atomic E-state index is 0.338. The van der Waals surface area contributed by atoms with E-state index in [4.69, 9.17) is 9.31 Å². The molecule has 2 aliphatic heterocycles. The highest BCUT2D eigenvalue weighted by Gasteiger charge is 2.51. The lowest BCUT2D eigenvalue weighted by atomic mass is 9.77. The molecular weight excluding hydrogens is 337 g/mol. The van der Waals surface area contributed by atoms with Gasteiger partial charge in [0.05, 0.1) is 17.5 Å². The second-order valence-corrected chi connectivity index (χ2v) is 10.2. The van der Waals surface area contributed by atoms with Crippen molar-refractivity contribution in [1.82, 2.24) is 4.31 Å². The van der Waals surface area contributed by atoms with E-state index >= 15 is 0 Å². The highest BCUT2D eigenvalue weighted by Crippen LogP contribution is 2.36. The molecule has 2 fully saturated rings. The summed E-state index contributed by atoms with van der Waals surface area (Å²) in [6.07, 6.45) is 3.01. The summed E-state index contributed by atoms with van der Waals surface area (Å²) in [5, 5.41) is 0. The average molecular weight is 365 g/mol. The third kappa shape index (κ3) is 3.79. The van der Waals surface area contributed by atoms with Gasteiger partial charge in [-0.2, -0.15) is 0 Å². The minimum Gasteiger partial charge on any atom is -0.399 e. The van der Waals surface area contributed by atoms with Gasteiger partial charge >= 0.3 is 7.12 Å². The first kappa shape index (κ1) is 18.9. The molecular formula is C18H28BNO4S. The molecule has 0 spiro atoms. The smallest absolute Gasteiger partial charge is 0.399 e. The highest BCUT2D eigenvalue weighted by atomic mass is 32.2. The van der Waals surface area contributed by atoms with Crippen LogP contribution in [0.5, 0.6) is 0 Å². The number of hydrogen-bond donors (Lipinski definition) is 0. The molecule has 0 bridgehead atoms. The van der Waals surface area contributed by atoms with Crippen molar-refractivity contribution in [1.29, 1.82) is 0 Å². The van der Waals surface area contributed by atoms with Gasteiger partial charge in [0.2, 0.25) is 10.0 Å². The van der Waals surface area contributed by atoms with Crippen molar-refractivity contribution < 1.29 is 17.7 Å². The summed E-state index contributed by atoms with van der Waals surface area (Å²) in [6, 6.07) is 8.39. The van der Waals surface area contributed by atoms with E-state index < -0.39 is 10.0 Å². The van der Waals surface area contributed by atoms with Gasteiger partial charge < -0.3 is 9.31 Å². The van der Waals surface area contributed by atoms with Crippen LogP contribution in [0.15, 0.2) is 24.3 Å². The first-order chi connectivity index (χ1) is 11.5. The Labute approximate surface area is 151 Å². The molecule has 0 aliphatic carbocycles. The fourth-order valence-electron chi connectivity index (χ4n) is 3.43. The van der Waals surface area contributed by atoms with Gasteiger partial charge in [0, 0.05) is 13.1 Å². The molecule has 0 aromatic heterocycles. The maximum Gasteiger partial charge on any atom is 0.494 e. The molecule has 3 rings (SSSR count). The quantitative estimate of drug-likeness (QED) is 0.770. The number of sulfonamides is 1. The molecule has 0 unspecified atom stereocenters. The Morgan fingerprint density at radius 2 is 1.48 bits per heavy atom. The van der Waals surface area contributed by atoms with E-state index in [1.54, 1.807) is 4.31 Å². The topological polar surface area (TPSA) is 55.8 Å². The summed E-state index contributed by atoms with van der Waals surface area (Å²) < 4.78 is 37.0. The van der Waals surface area contributed by atoms with Gasteiger partial charge in [0.25, 0.3) is 0 Å². The van der Waals surface area contributed by atoms with Gasteiger partial charge in [0.15, 0.2) is 0 Å². The van der Waals surface area contributed by atoms with E-state index in [2.05, 4.69) is 52.0 Å². The van der Waals surface area contributed by atoms with Gasteiger partial charge in [-0.15, -0.1) is 0 Å².